The molecule has 0 radical (unpaired) electrons. The van der Waals surface area contributed by atoms with Crippen molar-refractivity contribution in [1.82, 2.24) is 13.6 Å². The van der Waals surface area contributed by atoms with Crippen LogP contribution in [0.15, 0.2) is 47.6 Å². The zero-order chi connectivity index (χ0) is 25.1. The van der Waals surface area contributed by atoms with E-state index < -0.39 is 32.3 Å². The molecule has 1 aliphatic heterocycles. The number of aliphatic hydroxyl groups excluding tert-OH is 1. The smallest absolute Gasteiger partial charge is 0.260 e. The summed E-state index contributed by atoms with van der Waals surface area (Å²) in [4.78, 5) is 4.12. The number of aliphatic hydroxyl groups is 1. The van der Waals surface area contributed by atoms with Gasteiger partial charge in [-0.15, -0.1) is 0 Å². The second-order valence-electron chi connectivity index (χ2n) is 8.78. The van der Waals surface area contributed by atoms with Gasteiger partial charge in [-0.25, -0.2) is 21.8 Å². The SMILES string of the molecule is CC(C)CN(Cc1ccc(Cl)cc1)S(=O)(=O)c1ccc(OC2CCN(S(C)(=O)=O)CC2O)cn1. The van der Waals surface area contributed by atoms with Crippen LogP contribution in [-0.2, 0) is 26.6 Å². The van der Waals surface area contributed by atoms with Gasteiger partial charge in [-0.05, 0) is 35.7 Å². The Kier molecular flexibility index (Phi) is 8.59. The van der Waals surface area contributed by atoms with Gasteiger partial charge < -0.3 is 9.84 Å². The highest BCUT2D eigenvalue weighted by atomic mass is 35.5. The van der Waals surface area contributed by atoms with Crippen LogP contribution in [0.3, 0.4) is 0 Å². The first kappa shape index (κ1) is 26.8. The Morgan fingerprint density at radius 1 is 1.18 bits per heavy atom. The van der Waals surface area contributed by atoms with Gasteiger partial charge in [-0.2, -0.15) is 8.61 Å². The fourth-order valence-corrected chi connectivity index (χ4v) is 6.15. The number of halogens is 1. The van der Waals surface area contributed by atoms with E-state index in [0.717, 1.165) is 11.8 Å². The topological polar surface area (TPSA) is 117 Å². The van der Waals surface area contributed by atoms with Crippen LogP contribution < -0.4 is 4.74 Å². The van der Waals surface area contributed by atoms with Crippen LogP contribution in [0, 0.1) is 5.92 Å². The Bertz CT molecular complexity index is 1170. The second kappa shape index (κ2) is 10.9. The molecule has 0 amide bonds. The summed E-state index contributed by atoms with van der Waals surface area (Å²) in [5.74, 6) is 0.396. The molecule has 0 aliphatic carbocycles. The lowest BCUT2D eigenvalue weighted by molar-refractivity contribution is -0.00467. The van der Waals surface area contributed by atoms with E-state index in [4.69, 9.17) is 16.3 Å². The molecule has 12 heteroatoms. The van der Waals surface area contributed by atoms with Crippen LogP contribution >= 0.6 is 11.6 Å². The standard InChI is InChI=1S/C22H30ClN3O6S2/c1-16(2)13-26(14-17-4-6-18(23)7-5-17)34(30,31)22-9-8-19(12-24-22)32-21-10-11-25(15-20(21)27)33(3,28)29/h4-9,12,16,20-21,27H,10-11,13-15H2,1-3H3. The number of hydrogen-bond donors (Lipinski definition) is 1. The summed E-state index contributed by atoms with van der Waals surface area (Å²) >= 11 is 5.94. The average Bonchev–Trinajstić information content (AvgIpc) is 2.75. The summed E-state index contributed by atoms with van der Waals surface area (Å²) in [6, 6.07) is 9.88. The summed E-state index contributed by atoms with van der Waals surface area (Å²) in [5, 5.41) is 10.8. The molecular formula is C22H30ClN3O6S2. The molecule has 2 atom stereocenters. The van der Waals surface area contributed by atoms with E-state index in [0.29, 0.717) is 23.7 Å². The predicted octanol–water partition coefficient (Wildman–Crippen LogP) is 2.36. The van der Waals surface area contributed by atoms with Gasteiger partial charge in [-0.1, -0.05) is 37.6 Å². The summed E-state index contributed by atoms with van der Waals surface area (Å²) in [5.41, 5.74) is 0.808. The monoisotopic (exact) mass is 531 g/mol. The van der Waals surface area contributed by atoms with Crippen LogP contribution in [-0.4, -0.2) is 73.6 Å². The third-order valence-corrected chi connectivity index (χ3v) is 8.64. The zero-order valence-electron chi connectivity index (χ0n) is 19.3. The largest absolute Gasteiger partial charge is 0.486 e. The first-order chi connectivity index (χ1) is 15.9. The lowest BCUT2D eigenvalue weighted by atomic mass is 10.1. The molecule has 0 spiro atoms. The van der Waals surface area contributed by atoms with E-state index in [1.807, 2.05) is 13.8 Å². The first-order valence-corrected chi connectivity index (χ1v) is 14.5. The average molecular weight is 532 g/mol. The molecule has 1 aromatic carbocycles. The molecule has 0 bridgehead atoms. The number of rotatable bonds is 9. The summed E-state index contributed by atoms with van der Waals surface area (Å²) < 4.78 is 58.3. The predicted molar refractivity (Wildman–Crippen MR) is 130 cm³/mol. The molecule has 0 saturated carbocycles. The van der Waals surface area contributed by atoms with Crippen molar-refractivity contribution in [3.8, 4) is 5.75 Å². The Balaban J connectivity index is 1.72. The fourth-order valence-electron chi connectivity index (χ4n) is 3.66. The van der Waals surface area contributed by atoms with E-state index in [-0.39, 0.29) is 30.6 Å². The Morgan fingerprint density at radius 3 is 2.38 bits per heavy atom. The van der Waals surface area contributed by atoms with E-state index in [1.54, 1.807) is 24.3 Å². The number of sulfonamides is 2. The molecule has 1 saturated heterocycles. The van der Waals surface area contributed by atoms with Crippen LogP contribution in [0.1, 0.15) is 25.8 Å². The fraction of sp³-hybridized carbons (Fsp3) is 0.500. The van der Waals surface area contributed by atoms with Crippen molar-refractivity contribution in [1.29, 1.82) is 0 Å². The number of ether oxygens (including phenoxy) is 1. The van der Waals surface area contributed by atoms with Crippen molar-refractivity contribution in [2.24, 2.45) is 5.92 Å². The number of pyridine rings is 1. The molecule has 2 unspecified atom stereocenters. The number of hydrogen-bond acceptors (Lipinski definition) is 7. The molecule has 3 rings (SSSR count). The van der Waals surface area contributed by atoms with Gasteiger partial charge in [0, 0.05) is 37.6 Å². The van der Waals surface area contributed by atoms with Gasteiger partial charge >= 0.3 is 0 Å². The molecule has 1 aliphatic rings. The Labute approximate surface area is 206 Å². The van der Waals surface area contributed by atoms with Crippen LogP contribution in [0.2, 0.25) is 5.02 Å². The maximum atomic E-state index is 13.3. The van der Waals surface area contributed by atoms with Crippen molar-refractivity contribution >= 4 is 31.6 Å². The van der Waals surface area contributed by atoms with E-state index in [9.17, 15) is 21.9 Å². The molecule has 2 heterocycles. The highest BCUT2D eigenvalue weighted by molar-refractivity contribution is 7.89. The number of aromatic nitrogens is 1. The molecule has 188 valence electrons. The molecule has 2 aromatic rings. The van der Waals surface area contributed by atoms with Gasteiger partial charge in [0.1, 0.15) is 18.0 Å². The van der Waals surface area contributed by atoms with Crippen LogP contribution in [0.5, 0.6) is 5.75 Å². The lowest BCUT2D eigenvalue weighted by Crippen LogP contribution is -2.50. The van der Waals surface area contributed by atoms with Gasteiger partial charge in [0.05, 0.1) is 12.5 Å². The van der Waals surface area contributed by atoms with Crippen molar-refractivity contribution in [2.45, 2.75) is 44.0 Å². The molecule has 34 heavy (non-hydrogen) atoms. The maximum absolute atomic E-state index is 13.3. The summed E-state index contributed by atoms with van der Waals surface area (Å²) in [7, 11) is -7.27. The van der Waals surface area contributed by atoms with Gasteiger partial charge in [-0.3, -0.25) is 0 Å². The molecule has 1 fully saturated rings. The Morgan fingerprint density at radius 2 is 1.85 bits per heavy atom. The third-order valence-electron chi connectivity index (χ3n) is 5.39. The van der Waals surface area contributed by atoms with Gasteiger partial charge in [0.25, 0.3) is 10.0 Å². The summed E-state index contributed by atoms with van der Waals surface area (Å²) in [6.07, 6.45) is 1.08. The number of piperidine rings is 1. The summed E-state index contributed by atoms with van der Waals surface area (Å²) in [6.45, 7) is 4.55. The van der Waals surface area contributed by atoms with Crippen molar-refractivity contribution in [2.75, 3.05) is 25.9 Å². The zero-order valence-corrected chi connectivity index (χ0v) is 21.7. The normalized spacial score (nSPS) is 20.1. The minimum absolute atomic E-state index is 0.0573. The minimum atomic E-state index is -3.88. The third kappa shape index (κ3) is 6.89. The molecule has 1 N–H and O–H groups in total. The number of β-amino-alcohol motifs (C(OH)–C–C–N with tert-alkyl or cyclic N) is 1. The van der Waals surface area contributed by atoms with Crippen LogP contribution in [0.25, 0.3) is 0 Å². The number of benzene rings is 1. The van der Waals surface area contributed by atoms with Crippen molar-refractivity contribution in [3.05, 3.63) is 53.2 Å². The van der Waals surface area contributed by atoms with E-state index in [1.165, 1.54) is 26.9 Å². The van der Waals surface area contributed by atoms with Gasteiger partial charge in [0.15, 0.2) is 5.03 Å². The quantitative estimate of drug-likeness (QED) is 0.527. The minimum Gasteiger partial charge on any atom is -0.486 e. The second-order valence-corrected chi connectivity index (χ2v) is 13.1. The number of nitrogens with zero attached hydrogens (tertiary/aromatic N) is 3. The van der Waals surface area contributed by atoms with E-state index in [2.05, 4.69) is 4.98 Å². The maximum Gasteiger partial charge on any atom is 0.260 e. The van der Waals surface area contributed by atoms with Gasteiger partial charge in [0.2, 0.25) is 10.0 Å². The van der Waals surface area contributed by atoms with Crippen LogP contribution in [0.4, 0.5) is 0 Å². The molecule has 1 aromatic heterocycles. The highest BCUT2D eigenvalue weighted by Crippen LogP contribution is 2.24. The van der Waals surface area contributed by atoms with Crippen molar-refractivity contribution in [3.63, 3.8) is 0 Å². The van der Waals surface area contributed by atoms with E-state index >= 15 is 0 Å². The lowest BCUT2D eigenvalue weighted by Gasteiger charge is -2.34. The van der Waals surface area contributed by atoms with Crippen molar-refractivity contribution < 1.29 is 26.7 Å². The Hall–Kier alpha value is -1.76. The molecule has 9 nitrogen and oxygen atoms in total. The highest BCUT2D eigenvalue weighted by Gasteiger charge is 2.33. The first-order valence-electron chi connectivity index (χ1n) is 10.9. The molecular weight excluding hydrogens is 502 g/mol.